The van der Waals surface area contributed by atoms with E-state index in [-0.39, 0.29) is 46.9 Å². The molecule has 2 N–H and O–H groups in total. The minimum atomic E-state index is -1.45. The number of aliphatic hydroxyl groups is 1. The molecule has 1 fully saturated rings. The maximum atomic E-state index is 14.0. The van der Waals surface area contributed by atoms with Crippen LogP contribution < -0.4 is 5.32 Å². The van der Waals surface area contributed by atoms with Crippen LogP contribution in [0.1, 0.15) is 47.6 Å². The van der Waals surface area contributed by atoms with Crippen molar-refractivity contribution in [2.45, 2.75) is 43.5 Å². The number of rotatable bonds is 4. The summed E-state index contributed by atoms with van der Waals surface area (Å²) >= 11 is 12.2. The predicted molar refractivity (Wildman–Crippen MR) is 101 cm³/mol. The first kappa shape index (κ1) is 20.1. The lowest BCUT2D eigenvalue weighted by atomic mass is 9.76. The monoisotopic (exact) mass is 413 g/mol. The van der Waals surface area contributed by atoms with Crippen molar-refractivity contribution in [1.29, 1.82) is 0 Å². The molecule has 1 atom stereocenters. The first-order valence-electron chi connectivity index (χ1n) is 8.67. The van der Waals surface area contributed by atoms with Gasteiger partial charge in [0, 0.05) is 0 Å². The smallest absolute Gasteiger partial charge is 0.253 e. The van der Waals surface area contributed by atoms with E-state index in [2.05, 4.69) is 5.32 Å². The third-order valence-electron chi connectivity index (χ3n) is 5.00. The second kappa shape index (κ2) is 8.13. The van der Waals surface area contributed by atoms with Gasteiger partial charge in [-0.2, -0.15) is 0 Å². The summed E-state index contributed by atoms with van der Waals surface area (Å²) in [6, 6.07) is 9.66. The molecule has 3 nitrogen and oxygen atoms in total. The molecular formula is C20H19Cl2F2NO2. The molecular weight excluding hydrogens is 395 g/mol. The summed E-state index contributed by atoms with van der Waals surface area (Å²) in [5.41, 5.74) is -0.979. The number of amides is 1. The van der Waals surface area contributed by atoms with Gasteiger partial charge in [-0.15, -0.1) is 0 Å². The van der Waals surface area contributed by atoms with Crippen LogP contribution in [-0.2, 0) is 0 Å². The van der Waals surface area contributed by atoms with Crippen LogP contribution in [0.2, 0.25) is 10.0 Å². The van der Waals surface area contributed by atoms with Gasteiger partial charge in [-0.1, -0.05) is 47.5 Å². The van der Waals surface area contributed by atoms with E-state index in [1.165, 1.54) is 12.1 Å². The maximum absolute atomic E-state index is 14.0. The molecule has 27 heavy (non-hydrogen) atoms. The minimum Gasteiger partial charge on any atom is -0.387 e. The minimum absolute atomic E-state index is 0.120. The van der Waals surface area contributed by atoms with Gasteiger partial charge in [0.25, 0.3) is 5.91 Å². The zero-order valence-electron chi connectivity index (χ0n) is 14.4. The Labute approximate surface area is 166 Å². The third kappa shape index (κ3) is 4.26. The summed E-state index contributed by atoms with van der Waals surface area (Å²) in [5.74, 6) is -1.18. The van der Waals surface area contributed by atoms with Gasteiger partial charge in [0.2, 0.25) is 0 Å². The molecule has 0 heterocycles. The second-order valence-electron chi connectivity index (χ2n) is 6.81. The molecule has 0 aliphatic heterocycles. The Balaban J connectivity index is 1.99. The first-order valence-corrected chi connectivity index (χ1v) is 9.43. The first-order chi connectivity index (χ1) is 12.8. The number of nitrogens with one attached hydrogen (secondary N) is 1. The van der Waals surface area contributed by atoms with Crippen molar-refractivity contribution >= 4 is 29.1 Å². The highest BCUT2D eigenvalue weighted by Gasteiger charge is 2.43. The molecule has 1 aliphatic carbocycles. The van der Waals surface area contributed by atoms with E-state index >= 15 is 0 Å². The highest BCUT2D eigenvalue weighted by Crippen LogP contribution is 2.42. The van der Waals surface area contributed by atoms with Gasteiger partial charge in [0.05, 0.1) is 27.3 Å². The topological polar surface area (TPSA) is 49.3 Å². The van der Waals surface area contributed by atoms with Gasteiger partial charge in [-0.25, -0.2) is 8.78 Å². The number of carbonyl (C=O) groups is 1. The maximum Gasteiger partial charge on any atom is 0.253 e. The fourth-order valence-electron chi connectivity index (χ4n) is 3.47. The van der Waals surface area contributed by atoms with Gasteiger partial charge >= 0.3 is 0 Å². The Kier molecular flexibility index (Phi) is 6.04. The fraction of sp³-hybridized carbons (Fsp3) is 0.350. The largest absolute Gasteiger partial charge is 0.387 e. The molecule has 7 heteroatoms. The molecule has 2 aromatic carbocycles. The Bertz CT molecular complexity index is 838. The molecule has 144 valence electrons. The molecule has 3 rings (SSSR count). The van der Waals surface area contributed by atoms with Gasteiger partial charge in [-0.3, -0.25) is 4.79 Å². The van der Waals surface area contributed by atoms with Crippen LogP contribution in [-0.4, -0.2) is 22.8 Å². The summed E-state index contributed by atoms with van der Waals surface area (Å²) in [5, 5.41) is 14.0. The van der Waals surface area contributed by atoms with Crippen molar-refractivity contribution in [1.82, 2.24) is 5.32 Å². The van der Waals surface area contributed by atoms with Crippen LogP contribution in [0, 0.1) is 5.82 Å². The summed E-state index contributed by atoms with van der Waals surface area (Å²) in [6.07, 6.45) is -0.458. The third-order valence-corrected chi connectivity index (χ3v) is 5.73. The zero-order chi connectivity index (χ0) is 19.6. The predicted octanol–water partition coefficient (Wildman–Crippen LogP) is 5.25. The Hall–Kier alpha value is -1.69. The van der Waals surface area contributed by atoms with Gasteiger partial charge in [0.15, 0.2) is 0 Å². The normalized spacial score (nSPS) is 23.7. The number of halogens is 4. The second-order valence-corrected chi connectivity index (χ2v) is 7.59. The summed E-state index contributed by atoms with van der Waals surface area (Å²) in [7, 11) is 0. The van der Waals surface area contributed by atoms with Crippen molar-refractivity contribution in [3.8, 4) is 0 Å². The molecule has 0 spiro atoms. The number of hydrogen-bond donors (Lipinski definition) is 2. The summed E-state index contributed by atoms with van der Waals surface area (Å²) in [6.45, 7) is 0. The van der Waals surface area contributed by atoms with E-state index in [1.807, 2.05) is 0 Å². The van der Waals surface area contributed by atoms with Gasteiger partial charge in [0.1, 0.15) is 12.0 Å². The van der Waals surface area contributed by atoms with Crippen molar-refractivity contribution < 1.29 is 18.7 Å². The molecule has 0 aromatic heterocycles. The summed E-state index contributed by atoms with van der Waals surface area (Å²) < 4.78 is 27.6. The Morgan fingerprint density at radius 2 is 1.81 bits per heavy atom. The van der Waals surface area contributed by atoms with E-state index in [9.17, 15) is 18.7 Å². The summed E-state index contributed by atoms with van der Waals surface area (Å²) in [4.78, 5) is 12.8. The van der Waals surface area contributed by atoms with Crippen LogP contribution >= 0.6 is 23.2 Å². The highest BCUT2D eigenvalue weighted by molar-refractivity contribution is 6.34. The van der Waals surface area contributed by atoms with Crippen molar-refractivity contribution in [3.05, 3.63) is 69.5 Å². The lowest BCUT2D eigenvalue weighted by molar-refractivity contribution is -0.0445. The highest BCUT2D eigenvalue weighted by atomic mass is 35.5. The molecule has 1 unspecified atom stereocenters. The van der Waals surface area contributed by atoms with E-state index in [0.717, 1.165) is 0 Å². The quantitative estimate of drug-likeness (QED) is 0.719. The van der Waals surface area contributed by atoms with E-state index < -0.39 is 29.5 Å². The van der Waals surface area contributed by atoms with E-state index in [1.54, 1.807) is 30.3 Å². The number of hydrogen-bond acceptors (Lipinski definition) is 2. The Morgan fingerprint density at radius 3 is 2.48 bits per heavy atom. The lowest BCUT2D eigenvalue weighted by Crippen LogP contribution is -2.48. The molecule has 0 radical (unpaired) electrons. The lowest BCUT2D eigenvalue weighted by Gasteiger charge is -2.41. The van der Waals surface area contributed by atoms with Crippen LogP contribution in [0.4, 0.5) is 8.78 Å². The molecule has 0 bridgehead atoms. The van der Waals surface area contributed by atoms with Crippen LogP contribution in [0.15, 0.2) is 42.5 Å². The standard InChI is InChI=1S/C20H19Cl2F2NO2/c21-15-6-2-1-4-13(15)19(26)25-18(14-5-3-7-16(24)17(14)22)20(27)10-8-12(23)9-11-20/h1-7,12,18,27H,8-11H2,(H,25,26)/t12-,18?,20-. The fourth-order valence-corrected chi connectivity index (χ4v) is 3.93. The molecule has 0 saturated heterocycles. The number of benzene rings is 2. The average molecular weight is 414 g/mol. The van der Waals surface area contributed by atoms with Gasteiger partial charge in [-0.05, 0) is 49.4 Å². The zero-order valence-corrected chi connectivity index (χ0v) is 15.9. The van der Waals surface area contributed by atoms with Crippen LogP contribution in [0.5, 0.6) is 0 Å². The average Bonchev–Trinajstić information content (AvgIpc) is 2.65. The van der Waals surface area contributed by atoms with E-state index in [4.69, 9.17) is 23.2 Å². The number of carbonyl (C=O) groups excluding carboxylic acids is 1. The SMILES string of the molecule is O=C(NC(c1cccc(F)c1Cl)[C@]1(O)CC[C@H](F)CC1)c1ccccc1Cl. The molecule has 1 amide bonds. The molecule has 1 aliphatic rings. The molecule has 1 saturated carbocycles. The number of alkyl halides is 1. The van der Waals surface area contributed by atoms with Gasteiger partial charge < -0.3 is 10.4 Å². The van der Waals surface area contributed by atoms with Crippen LogP contribution in [0.25, 0.3) is 0 Å². The van der Waals surface area contributed by atoms with E-state index in [0.29, 0.717) is 0 Å². The van der Waals surface area contributed by atoms with Crippen molar-refractivity contribution in [2.75, 3.05) is 0 Å². The molecule has 2 aromatic rings. The van der Waals surface area contributed by atoms with Crippen molar-refractivity contribution in [2.24, 2.45) is 0 Å². The van der Waals surface area contributed by atoms with Crippen LogP contribution in [0.3, 0.4) is 0 Å². The van der Waals surface area contributed by atoms with Crippen molar-refractivity contribution in [3.63, 3.8) is 0 Å². The Morgan fingerprint density at radius 1 is 1.15 bits per heavy atom.